The Morgan fingerprint density at radius 2 is 2.31 bits per heavy atom. The van der Waals surface area contributed by atoms with E-state index in [0.717, 1.165) is 23.5 Å². The molecule has 0 saturated carbocycles. The van der Waals surface area contributed by atoms with E-state index >= 15 is 0 Å². The van der Waals surface area contributed by atoms with Gasteiger partial charge in [-0.05, 0) is 30.7 Å². The van der Waals surface area contributed by atoms with Crippen molar-refractivity contribution < 1.29 is 4.74 Å². The number of hydrogen-bond acceptors (Lipinski definition) is 4. The van der Waals surface area contributed by atoms with Gasteiger partial charge in [-0.25, -0.2) is 0 Å². The van der Waals surface area contributed by atoms with Crippen LogP contribution >= 0.6 is 11.3 Å². The highest BCUT2D eigenvalue weighted by atomic mass is 32.1. The molecule has 16 heavy (non-hydrogen) atoms. The molecule has 4 heteroatoms. The van der Waals surface area contributed by atoms with Crippen LogP contribution in [0.3, 0.4) is 0 Å². The lowest BCUT2D eigenvalue weighted by Gasteiger charge is -2.08. The number of methoxy groups -OCH3 is 1. The number of nitrogens with one attached hydrogen (secondary N) is 1. The fourth-order valence-corrected chi connectivity index (χ4v) is 2.04. The lowest BCUT2D eigenvalue weighted by Crippen LogP contribution is -1.98. The molecule has 0 saturated heterocycles. The highest BCUT2D eigenvalue weighted by Gasteiger charge is 2.00. The van der Waals surface area contributed by atoms with Crippen molar-refractivity contribution in [2.75, 3.05) is 12.4 Å². The number of benzene rings is 1. The highest BCUT2D eigenvalue weighted by molar-refractivity contribution is 7.09. The van der Waals surface area contributed by atoms with Gasteiger partial charge in [0.05, 0.1) is 19.2 Å². The fourth-order valence-electron chi connectivity index (χ4n) is 1.51. The number of aromatic nitrogens is 1. The van der Waals surface area contributed by atoms with E-state index in [0.29, 0.717) is 0 Å². The SMILES string of the molecule is COc1ccc(NCc2cncs2)cc1C. The van der Waals surface area contributed by atoms with Crippen molar-refractivity contribution in [2.24, 2.45) is 0 Å². The third kappa shape index (κ3) is 2.52. The summed E-state index contributed by atoms with van der Waals surface area (Å²) < 4.78 is 5.21. The summed E-state index contributed by atoms with van der Waals surface area (Å²) in [6.07, 6.45) is 1.88. The maximum Gasteiger partial charge on any atom is 0.121 e. The second-order valence-electron chi connectivity index (χ2n) is 3.51. The molecule has 0 spiro atoms. The Kier molecular flexibility index (Phi) is 3.41. The minimum atomic E-state index is 0.816. The molecule has 84 valence electrons. The topological polar surface area (TPSA) is 34.1 Å². The average Bonchev–Trinajstić information content (AvgIpc) is 2.79. The van der Waals surface area contributed by atoms with Gasteiger partial charge in [-0.1, -0.05) is 0 Å². The van der Waals surface area contributed by atoms with E-state index in [9.17, 15) is 0 Å². The Labute approximate surface area is 99.1 Å². The molecule has 2 rings (SSSR count). The third-order valence-electron chi connectivity index (χ3n) is 2.35. The van der Waals surface area contributed by atoms with Crippen molar-refractivity contribution in [3.05, 3.63) is 40.3 Å². The van der Waals surface area contributed by atoms with Crippen LogP contribution in [-0.4, -0.2) is 12.1 Å². The van der Waals surface area contributed by atoms with Gasteiger partial charge in [0, 0.05) is 16.8 Å². The van der Waals surface area contributed by atoms with Crippen LogP contribution < -0.4 is 10.1 Å². The molecule has 1 N–H and O–H groups in total. The van der Waals surface area contributed by atoms with Gasteiger partial charge in [0.2, 0.25) is 0 Å². The van der Waals surface area contributed by atoms with Gasteiger partial charge in [-0.3, -0.25) is 4.98 Å². The number of hydrogen-bond donors (Lipinski definition) is 1. The first-order valence-electron chi connectivity index (χ1n) is 5.05. The number of thiazole rings is 1. The molecule has 1 aromatic carbocycles. The number of rotatable bonds is 4. The first-order valence-corrected chi connectivity index (χ1v) is 5.93. The minimum absolute atomic E-state index is 0.816. The molecule has 1 aromatic heterocycles. The zero-order valence-electron chi connectivity index (χ0n) is 9.36. The number of anilines is 1. The predicted molar refractivity (Wildman–Crippen MR) is 67.2 cm³/mol. The zero-order chi connectivity index (χ0) is 11.4. The van der Waals surface area contributed by atoms with Crippen molar-refractivity contribution in [3.63, 3.8) is 0 Å². The molecule has 0 aliphatic carbocycles. The Morgan fingerprint density at radius 1 is 1.44 bits per heavy atom. The van der Waals surface area contributed by atoms with Crippen molar-refractivity contribution in [1.29, 1.82) is 0 Å². The summed E-state index contributed by atoms with van der Waals surface area (Å²) >= 11 is 1.66. The Balaban J connectivity index is 2.02. The first kappa shape index (κ1) is 11.0. The highest BCUT2D eigenvalue weighted by Crippen LogP contribution is 2.22. The smallest absolute Gasteiger partial charge is 0.121 e. The minimum Gasteiger partial charge on any atom is -0.496 e. The van der Waals surface area contributed by atoms with E-state index < -0.39 is 0 Å². The van der Waals surface area contributed by atoms with Crippen molar-refractivity contribution in [3.8, 4) is 5.75 Å². The van der Waals surface area contributed by atoms with E-state index in [1.54, 1.807) is 18.4 Å². The number of aryl methyl sites for hydroxylation is 1. The van der Waals surface area contributed by atoms with Crippen molar-refractivity contribution in [1.82, 2.24) is 4.98 Å². The summed E-state index contributed by atoms with van der Waals surface area (Å²) in [5.41, 5.74) is 4.08. The molecule has 0 radical (unpaired) electrons. The van der Waals surface area contributed by atoms with Gasteiger partial charge < -0.3 is 10.1 Å². The second-order valence-corrected chi connectivity index (χ2v) is 4.48. The van der Waals surface area contributed by atoms with Gasteiger partial charge >= 0.3 is 0 Å². The molecule has 3 nitrogen and oxygen atoms in total. The lowest BCUT2D eigenvalue weighted by molar-refractivity contribution is 0.412. The van der Waals surface area contributed by atoms with Crippen molar-refractivity contribution >= 4 is 17.0 Å². The molecule has 2 aromatic rings. The van der Waals surface area contributed by atoms with Gasteiger partial charge in [0.25, 0.3) is 0 Å². The summed E-state index contributed by atoms with van der Waals surface area (Å²) in [6.45, 7) is 2.85. The molecule has 0 bridgehead atoms. The molecule has 0 aliphatic rings. The van der Waals surface area contributed by atoms with Crippen LogP contribution in [0.5, 0.6) is 5.75 Å². The summed E-state index contributed by atoms with van der Waals surface area (Å²) in [7, 11) is 1.69. The summed E-state index contributed by atoms with van der Waals surface area (Å²) in [6, 6.07) is 6.08. The summed E-state index contributed by atoms with van der Waals surface area (Å²) in [4.78, 5) is 5.27. The molecular formula is C12H14N2OS. The third-order valence-corrected chi connectivity index (χ3v) is 3.12. The van der Waals surface area contributed by atoms with E-state index in [-0.39, 0.29) is 0 Å². The van der Waals surface area contributed by atoms with Crippen LogP contribution in [0.4, 0.5) is 5.69 Å². The second kappa shape index (κ2) is 4.99. The van der Waals surface area contributed by atoms with Crippen LogP contribution in [0.1, 0.15) is 10.4 Å². The van der Waals surface area contributed by atoms with Gasteiger partial charge in [-0.15, -0.1) is 11.3 Å². The van der Waals surface area contributed by atoms with Gasteiger partial charge in [0.1, 0.15) is 5.75 Å². The lowest BCUT2D eigenvalue weighted by atomic mass is 10.2. The monoisotopic (exact) mass is 234 g/mol. The van der Waals surface area contributed by atoms with Crippen LogP contribution in [0, 0.1) is 6.92 Å². The van der Waals surface area contributed by atoms with Crippen LogP contribution in [0.15, 0.2) is 29.9 Å². The van der Waals surface area contributed by atoms with Crippen molar-refractivity contribution in [2.45, 2.75) is 13.5 Å². The zero-order valence-corrected chi connectivity index (χ0v) is 10.2. The Hall–Kier alpha value is -1.55. The van der Waals surface area contributed by atoms with E-state index in [2.05, 4.69) is 16.4 Å². The Bertz CT molecular complexity index is 454. The van der Waals surface area contributed by atoms with Crippen LogP contribution in [-0.2, 0) is 6.54 Å². The molecule has 0 atom stereocenters. The molecule has 0 aliphatic heterocycles. The molecule has 1 heterocycles. The standard InChI is InChI=1S/C12H14N2OS/c1-9-5-10(3-4-12(9)15-2)14-7-11-6-13-8-16-11/h3-6,8,14H,7H2,1-2H3. The maximum absolute atomic E-state index is 5.21. The predicted octanol–water partition coefficient (Wildman–Crippen LogP) is 3.07. The number of nitrogens with zero attached hydrogens (tertiary/aromatic N) is 1. The Morgan fingerprint density at radius 3 is 2.94 bits per heavy atom. The quantitative estimate of drug-likeness (QED) is 0.882. The molecule has 0 fully saturated rings. The van der Waals surface area contributed by atoms with Crippen LogP contribution in [0.2, 0.25) is 0 Å². The maximum atomic E-state index is 5.21. The van der Waals surface area contributed by atoms with Gasteiger partial charge in [-0.2, -0.15) is 0 Å². The average molecular weight is 234 g/mol. The molecule has 0 amide bonds. The summed E-state index contributed by atoms with van der Waals surface area (Å²) in [5, 5.41) is 3.35. The van der Waals surface area contributed by atoms with E-state index in [1.807, 2.05) is 30.8 Å². The number of ether oxygens (including phenoxy) is 1. The fraction of sp³-hybridized carbons (Fsp3) is 0.250. The normalized spacial score (nSPS) is 10.1. The van der Waals surface area contributed by atoms with Crippen LogP contribution in [0.25, 0.3) is 0 Å². The van der Waals surface area contributed by atoms with E-state index in [4.69, 9.17) is 4.74 Å². The molecular weight excluding hydrogens is 220 g/mol. The largest absolute Gasteiger partial charge is 0.496 e. The molecule has 0 unspecified atom stereocenters. The summed E-state index contributed by atoms with van der Waals surface area (Å²) in [5.74, 6) is 0.920. The van der Waals surface area contributed by atoms with E-state index in [1.165, 1.54) is 4.88 Å². The van der Waals surface area contributed by atoms with Gasteiger partial charge in [0.15, 0.2) is 0 Å². The first-order chi connectivity index (χ1) is 7.79.